The van der Waals surface area contributed by atoms with Gasteiger partial charge in [-0.15, -0.1) is 0 Å². The second-order valence-electron chi connectivity index (χ2n) is 4.06. The molecule has 0 amide bonds. The molecule has 110 valence electrons. The molecule has 0 bridgehead atoms. The van der Waals surface area contributed by atoms with Crippen LogP contribution in [-0.2, 0) is 6.54 Å². The molecule has 0 aromatic carbocycles. The highest BCUT2D eigenvalue weighted by Gasteiger charge is 2.28. The van der Waals surface area contributed by atoms with E-state index in [1.165, 1.54) is 4.90 Å². The van der Waals surface area contributed by atoms with Crippen molar-refractivity contribution in [2.45, 2.75) is 25.2 Å². The van der Waals surface area contributed by atoms with Gasteiger partial charge in [0.15, 0.2) is 0 Å². The minimum Gasteiger partial charge on any atom is -0.394 e. The zero-order chi connectivity index (χ0) is 14.5. The standard InChI is InChI=1S/C9H15F3N4O3/c10-9(11,12)1-2-16(3-6(18)5-17)4-7-13-8(19)15-14-7/h6,17-18H,1-5H2,(H2,13,14,15,19)/t6-/m0/s1. The first kappa shape index (κ1) is 15.7. The SMILES string of the molecule is O=c1[nH]nc(CN(CCC(F)(F)F)C[C@H](O)CO)[nH]1. The van der Waals surface area contributed by atoms with E-state index >= 15 is 0 Å². The number of H-pyrrole nitrogens is 2. The first-order valence-electron chi connectivity index (χ1n) is 5.51. The summed E-state index contributed by atoms with van der Waals surface area (Å²) in [4.78, 5) is 14.4. The van der Waals surface area contributed by atoms with E-state index in [1.54, 1.807) is 0 Å². The fourth-order valence-corrected chi connectivity index (χ4v) is 1.47. The Morgan fingerprint density at radius 1 is 1.42 bits per heavy atom. The number of nitrogens with one attached hydrogen (secondary N) is 2. The molecule has 0 aliphatic carbocycles. The van der Waals surface area contributed by atoms with Crippen molar-refractivity contribution in [2.75, 3.05) is 19.7 Å². The van der Waals surface area contributed by atoms with E-state index in [9.17, 15) is 23.1 Å². The van der Waals surface area contributed by atoms with Gasteiger partial charge in [-0.2, -0.15) is 18.3 Å². The smallest absolute Gasteiger partial charge is 0.390 e. The average Bonchev–Trinajstić information content (AvgIpc) is 2.70. The van der Waals surface area contributed by atoms with E-state index in [0.29, 0.717) is 0 Å². The van der Waals surface area contributed by atoms with Crippen molar-refractivity contribution in [2.24, 2.45) is 0 Å². The highest BCUT2D eigenvalue weighted by atomic mass is 19.4. The second kappa shape index (κ2) is 6.68. The Labute approximate surface area is 106 Å². The van der Waals surface area contributed by atoms with Gasteiger partial charge in [0.05, 0.1) is 25.7 Å². The van der Waals surface area contributed by atoms with Crippen LogP contribution < -0.4 is 5.69 Å². The van der Waals surface area contributed by atoms with Crippen molar-refractivity contribution < 1.29 is 23.4 Å². The van der Waals surface area contributed by atoms with Crippen LogP contribution in [0.1, 0.15) is 12.2 Å². The van der Waals surface area contributed by atoms with Gasteiger partial charge in [0, 0.05) is 13.1 Å². The molecule has 0 unspecified atom stereocenters. The van der Waals surface area contributed by atoms with Crippen LogP contribution in [-0.4, -0.2) is 62.3 Å². The normalized spacial score (nSPS) is 14.0. The fourth-order valence-electron chi connectivity index (χ4n) is 1.47. The molecule has 0 radical (unpaired) electrons. The number of hydrogen-bond donors (Lipinski definition) is 4. The van der Waals surface area contributed by atoms with Gasteiger partial charge < -0.3 is 10.2 Å². The molecule has 1 heterocycles. The van der Waals surface area contributed by atoms with E-state index in [0.717, 1.165) is 0 Å². The van der Waals surface area contributed by atoms with E-state index in [4.69, 9.17) is 5.11 Å². The lowest BCUT2D eigenvalue weighted by molar-refractivity contribution is -0.139. The van der Waals surface area contributed by atoms with Gasteiger partial charge in [-0.3, -0.25) is 9.88 Å². The summed E-state index contributed by atoms with van der Waals surface area (Å²) in [5.74, 6) is 0.164. The molecule has 0 saturated heterocycles. The van der Waals surface area contributed by atoms with Gasteiger partial charge in [-0.1, -0.05) is 0 Å². The molecule has 10 heteroatoms. The van der Waals surface area contributed by atoms with Crippen LogP contribution in [0.3, 0.4) is 0 Å². The lowest BCUT2D eigenvalue weighted by Crippen LogP contribution is -2.36. The Balaban J connectivity index is 2.60. The number of aromatic nitrogens is 3. The topological polar surface area (TPSA) is 105 Å². The molecule has 0 spiro atoms. The molecular weight excluding hydrogens is 269 g/mol. The van der Waals surface area contributed by atoms with Crippen LogP contribution in [0.2, 0.25) is 0 Å². The number of halogens is 3. The molecule has 1 atom stereocenters. The van der Waals surface area contributed by atoms with E-state index < -0.39 is 31.0 Å². The molecule has 19 heavy (non-hydrogen) atoms. The zero-order valence-corrected chi connectivity index (χ0v) is 9.94. The Morgan fingerprint density at radius 3 is 2.58 bits per heavy atom. The third kappa shape index (κ3) is 6.36. The summed E-state index contributed by atoms with van der Waals surface area (Å²) in [6.07, 6.45) is -6.53. The van der Waals surface area contributed by atoms with Gasteiger partial charge in [0.2, 0.25) is 0 Å². The predicted octanol–water partition coefficient (Wildman–Crippen LogP) is -0.794. The number of hydrogen-bond acceptors (Lipinski definition) is 5. The van der Waals surface area contributed by atoms with E-state index in [1.807, 2.05) is 0 Å². The molecule has 0 aliphatic heterocycles. The van der Waals surface area contributed by atoms with Crippen molar-refractivity contribution in [3.05, 3.63) is 16.3 Å². The first-order chi connectivity index (χ1) is 8.80. The number of nitrogens with zero attached hydrogens (tertiary/aromatic N) is 2. The molecule has 0 saturated carbocycles. The number of aliphatic hydroxyl groups excluding tert-OH is 2. The van der Waals surface area contributed by atoms with Crippen LogP contribution in [0.4, 0.5) is 13.2 Å². The van der Waals surface area contributed by atoms with Crippen molar-refractivity contribution >= 4 is 0 Å². The van der Waals surface area contributed by atoms with Crippen molar-refractivity contribution in [3.63, 3.8) is 0 Å². The maximum Gasteiger partial charge on any atom is 0.390 e. The Bertz CT molecular complexity index is 431. The van der Waals surface area contributed by atoms with Crippen LogP contribution in [0.5, 0.6) is 0 Å². The minimum atomic E-state index is -4.32. The van der Waals surface area contributed by atoms with Crippen molar-refractivity contribution in [3.8, 4) is 0 Å². The summed E-state index contributed by atoms with van der Waals surface area (Å²) in [6, 6.07) is 0. The lowest BCUT2D eigenvalue weighted by Gasteiger charge is -2.23. The minimum absolute atomic E-state index is 0.0636. The molecule has 4 N–H and O–H groups in total. The molecule has 7 nitrogen and oxygen atoms in total. The summed E-state index contributed by atoms with van der Waals surface area (Å²) in [5.41, 5.74) is -0.562. The van der Waals surface area contributed by atoms with Gasteiger partial charge in [0.25, 0.3) is 0 Å². The summed E-state index contributed by atoms with van der Waals surface area (Å²) in [7, 11) is 0. The molecule has 1 aromatic rings. The quantitative estimate of drug-likeness (QED) is 0.525. The Morgan fingerprint density at radius 2 is 2.11 bits per heavy atom. The monoisotopic (exact) mass is 284 g/mol. The van der Waals surface area contributed by atoms with Crippen molar-refractivity contribution in [1.29, 1.82) is 0 Å². The summed E-state index contributed by atoms with van der Waals surface area (Å²) in [5, 5.41) is 23.6. The van der Waals surface area contributed by atoms with Gasteiger partial charge in [-0.05, 0) is 0 Å². The Kier molecular flexibility index (Phi) is 5.51. The molecular formula is C9H15F3N4O3. The van der Waals surface area contributed by atoms with Gasteiger partial charge in [0.1, 0.15) is 5.82 Å². The summed E-state index contributed by atoms with van der Waals surface area (Å²) < 4.78 is 36.5. The average molecular weight is 284 g/mol. The van der Waals surface area contributed by atoms with Crippen LogP contribution >= 0.6 is 0 Å². The van der Waals surface area contributed by atoms with E-state index in [-0.39, 0.29) is 25.5 Å². The number of alkyl halides is 3. The third-order valence-electron chi connectivity index (χ3n) is 2.31. The summed E-state index contributed by atoms with van der Waals surface area (Å²) >= 11 is 0. The summed E-state index contributed by atoms with van der Waals surface area (Å²) in [6.45, 7) is -1.14. The highest BCUT2D eigenvalue weighted by Crippen LogP contribution is 2.20. The predicted molar refractivity (Wildman–Crippen MR) is 58.3 cm³/mol. The zero-order valence-electron chi connectivity index (χ0n) is 9.94. The highest BCUT2D eigenvalue weighted by molar-refractivity contribution is 4.81. The maximum absolute atomic E-state index is 12.2. The second-order valence-corrected chi connectivity index (χ2v) is 4.06. The van der Waals surface area contributed by atoms with Crippen molar-refractivity contribution in [1.82, 2.24) is 20.1 Å². The molecule has 0 fully saturated rings. The third-order valence-corrected chi connectivity index (χ3v) is 2.31. The van der Waals surface area contributed by atoms with Gasteiger partial charge in [-0.25, -0.2) is 9.89 Å². The molecule has 0 aliphatic rings. The van der Waals surface area contributed by atoms with Crippen LogP contribution in [0.25, 0.3) is 0 Å². The fraction of sp³-hybridized carbons (Fsp3) is 0.778. The molecule has 1 aromatic heterocycles. The number of aromatic amines is 2. The van der Waals surface area contributed by atoms with Gasteiger partial charge >= 0.3 is 11.9 Å². The maximum atomic E-state index is 12.2. The largest absolute Gasteiger partial charge is 0.394 e. The Hall–Kier alpha value is -1.39. The molecule has 1 rings (SSSR count). The van der Waals surface area contributed by atoms with Crippen LogP contribution in [0.15, 0.2) is 4.79 Å². The van der Waals surface area contributed by atoms with Crippen LogP contribution in [0, 0.1) is 0 Å². The first-order valence-corrected chi connectivity index (χ1v) is 5.51. The van der Waals surface area contributed by atoms with E-state index in [2.05, 4.69) is 15.2 Å². The number of aliphatic hydroxyl groups is 2. The lowest BCUT2D eigenvalue weighted by atomic mass is 10.3. The number of rotatable bonds is 7.